The van der Waals surface area contributed by atoms with Crippen molar-refractivity contribution in [3.63, 3.8) is 0 Å². The van der Waals surface area contributed by atoms with E-state index in [4.69, 9.17) is 0 Å². The van der Waals surface area contributed by atoms with Gasteiger partial charge in [-0.3, -0.25) is 14.4 Å². The molecule has 0 saturated heterocycles. The van der Waals surface area contributed by atoms with E-state index in [9.17, 15) is 14.4 Å². The zero-order valence-electron chi connectivity index (χ0n) is 14.9. The zero-order chi connectivity index (χ0) is 19.9. The largest absolute Gasteiger partial charge is 0.468 e. The maximum absolute atomic E-state index is 12.1. The Labute approximate surface area is 169 Å². The highest BCUT2D eigenvalue weighted by atomic mass is 32.2. The number of hydrogen-bond donors (Lipinski definition) is 2. The van der Waals surface area contributed by atoms with Crippen LogP contribution in [0.4, 0.5) is 5.69 Å². The molecular weight excluding hydrogens is 398 g/mol. The van der Waals surface area contributed by atoms with E-state index in [-0.39, 0.29) is 18.2 Å². The molecule has 0 aliphatic heterocycles. The molecule has 0 aliphatic carbocycles. The molecule has 0 unspecified atom stereocenters. The standard InChI is InChI=1S/C19H17N3O4S2/c1-26-17(24)10-20-18(25)12-6-8-13(9-7-12)21-16(23)11-27-19-22-14-4-2-3-5-15(14)28-19/h2-9H,10-11H2,1H3,(H,20,25)(H,21,23). The van der Waals surface area contributed by atoms with Gasteiger partial charge in [0.2, 0.25) is 5.91 Å². The smallest absolute Gasteiger partial charge is 0.325 e. The number of fused-ring (bicyclic) bond motifs is 1. The topological polar surface area (TPSA) is 97.4 Å². The molecule has 2 N–H and O–H groups in total. The van der Waals surface area contributed by atoms with Gasteiger partial charge in [-0.2, -0.15) is 0 Å². The molecule has 1 aromatic heterocycles. The van der Waals surface area contributed by atoms with Crippen LogP contribution in [0.1, 0.15) is 10.4 Å². The number of carbonyl (C=O) groups excluding carboxylic acids is 3. The van der Waals surface area contributed by atoms with E-state index < -0.39 is 11.9 Å². The first-order valence-electron chi connectivity index (χ1n) is 8.28. The second-order valence-corrected chi connectivity index (χ2v) is 7.87. The Bertz CT molecular complexity index is 969. The lowest BCUT2D eigenvalue weighted by molar-refractivity contribution is -0.139. The van der Waals surface area contributed by atoms with Gasteiger partial charge in [0, 0.05) is 11.3 Å². The van der Waals surface area contributed by atoms with Gasteiger partial charge < -0.3 is 15.4 Å². The number of ether oxygens (including phenoxy) is 1. The summed E-state index contributed by atoms with van der Waals surface area (Å²) in [5.41, 5.74) is 1.89. The van der Waals surface area contributed by atoms with E-state index in [0.29, 0.717) is 11.3 Å². The molecule has 0 radical (unpaired) electrons. The molecule has 0 atom stereocenters. The summed E-state index contributed by atoms with van der Waals surface area (Å²) < 4.78 is 6.40. The number of benzene rings is 2. The van der Waals surface area contributed by atoms with Crippen LogP contribution in [0.3, 0.4) is 0 Å². The third-order valence-corrected chi connectivity index (χ3v) is 5.83. The van der Waals surface area contributed by atoms with Gasteiger partial charge in [0.15, 0.2) is 4.34 Å². The van der Waals surface area contributed by atoms with Crippen LogP contribution in [-0.4, -0.2) is 42.2 Å². The highest BCUT2D eigenvalue weighted by Crippen LogP contribution is 2.29. The minimum atomic E-state index is -0.525. The molecule has 0 saturated carbocycles. The Balaban J connectivity index is 1.49. The summed E-state index contributed by atoms with van der Waals surface area (Å²) in [4.78, 5) is 39.6. The summed E-state index contributed by atoms with van der Waals surface area (Å²) in [7, 11) is 1.25. The highest BCUT2D eigenvalue weighted by molar-refractivity contribution is 8.01. The van der Waals surface area contributed by atoms with Crippen LogP contribution in [0.25, 0.3) is 10.2 Å². The molecule has 1 heterocycles. The van der Waals surface area contributed by atoms with Crippen molar-refractivity contribution in [1.29, 1.82) is 0 Å². The average Bonchev–Trinajstić information content (AvgIpc) is 3.14. The predicted molar refractivity (Wildman–Crippen MR) is 110 cm³/mol. The molecule has 144 valence electrons. The number of thiazole rings is 1. The average molecular weight is 415 g/mol. The Morgan fingerprint density at radius 2 is 1.86 bits per heavy atom. The van der Waals surface area contributed by atoms with E-state index in [2.05, 4.69) is 20.4 Å². The number of amides is 2. The first kappa shape index (κ1) is 19.8. The summed E-state index contributed by atoms with van der Waals surface area (Å²) in [5, 5.41) is 5.23. The third-order valence-electron chi connectivity index (χ3n) is 3.65. The number of rotatable bonds is 7. The van der Waals surface area contributed by atoms with Crippen molar-refractivity contribution in [2.45, 2.75) is 4.34 Å². The lowest BCUT2D eigenvalue weighted by Gasteiger charge is -2.07. The number of hydrogen-bond acceptors (Lipinski definition) is 7. The monoisotopic (exact) mass is 415 g/mol. The highest BCUT2D eigenvalue weighted by Gasteiger charge is 2.10. The van der Waals surface area contributed by atoms with Gasteiger partial charge in [-0.15, -0.1) is 11.3 Å². The van der Waals surface area contributed by atoms with Gasteiger partial charge in [0.1, 0.15) is 6.54 Å². The molecule has 0 spiro atoms. The second-order valence-electron chi connectivity index (χ2n) is 5.62. The molecular formula is C19H17N3O4S2. The van der Waals surface area contributed by atoms with Crippen LogP contribution in [0.15, 0.2) is 52.9 Å². The Kier molecular flexibility index (Phi) is 6.62. The van der Waals surface area contributed by atoms with Crippen molar-refractivity contribution in [1.82, 2.24) is 10.3 Å². The van der Waals surface area contributed by atoms with E-state index in [0.717, 1.165) is 14.6 Å². The Hall–Kier alpha value is -2.91. The van der Waals surface area contributed by atoms with Crippen molar-refractivity contribution in [2.24, 2.45) is 0 Å². The normalized spacial score (nSPS) is 10.5. The summed E-state index contributed by atoms with van der Waals surface area (Å²) in [6.45, 7) is -0.198. The van der Waals surface area contributed by atoms with Crippen LogP contribution in [-0.2, 0) is 14.3 Å². The van der Waals surface area contributed by atoms with Crippen molar-refractivity contribution >= 4 is 56.8 Å². The number of esters is 1. The van der Waals surface area contributed by atoms with Crippen LogP contribution < -0.4 is 10.6 Å². The van der Waals surface area contributed by atoms with Gasteiger partial charge in [-0.1, -0.05) is 23.9 Å². The maximum Gasteiger partial charge on any atom is 0.325 e. The quantitative estimate of drug-likeness (QED) is 0.455. The molecule has 28 heavy (non-hydrogen) atoms. The fourth-order valence-corrected chi connectivity index (χ4v) is 4.14. The molecule has 3 rings (SSSR count). The molecule has 3 aromatic rings. The fraction of sp³-hybridized carbons (Fsp3) is 0.158. The summed E-state index contributed by atoms with van der Waals surface area (Å²) in [5.74, 6) is -0.842. The van der Waals surface area contributed by atoms with Crippen LogP contribution >= 0.6 is 23.1 Å². The lowest BCUT2D eigenvalue weighted by atomic mass is 10.2. The third kappa shape index (κ3) is 5.30. The number of nitrogens with zero attached hydrogens (tertiary/aromatic N) is 1. The van der Waals surface area contributed by atoms with E-state index in [1.807, 2.05) is 24.3 Å². The number of aromatic nitrogens is 1. The van der Waals surface area contributed by atoms with Gasteiger partial charge >= 0.3 is 5.97 Å². The number of para-hydroxylation sites is 1. The van der Waals surface area contributed by atoms with Crippen molar-refractivity contribution in [2.75, 3.05) is 24.7 Å². The first-order chi connectivity index (χ1) is 13.5. The minimum Gasteiger partial charge on any atom is -0.468 e. The van der Waals surface area contributed by atoms with E-state index >= 15 is 0 Å². The molecule has 2 amide bonds. The van der Waals surface area contributed by atoms with Gasteiger partial charge in [-0.25, -0.2) is 4.98 Å². The van der Waals surface area contributed by atoms with Crippen molar-refractivity contribution in [3.05, 3.63) is 54.1 Å². The number of anilines is 1. The van der Waals surface area contributed by atoms with Crippen LogP contribution in [0.5, 0.6) is 0 Å². The van der Waals surface area contributed by atoms with Crippen LogP contribution in [0, 0.1) is 0 Å². The van der Waals surface area contributed by atoms with Gasteiger partial charge in [0.05, 0.1) is 23.1 Å². The maximum atomic E-state index is 12.1. The summed E-state index contributed by atoms with van der Waals surface area (Å²) >= 11 is 2.93. The molecule has 7 nitrogen and oxygen atoms in total. The summed E-state index contributed by atoms with van der Waals surface area (Å²) in [6, 6.07) is 14.2. The molecule has 2 aromatic carbocycles. The molecule has 9 heteroatoms. The summed E-state index contributed by atoms with van der Waals surface area (Å²) in [6.07, 6.45) is 0. The van der Waals surface area contributed by atoms with Crippen molar-refractivity contribution in [3.8, 4) is 0 Å². The van der Waals surface area contributed by atoms with E-state index in [1.54, 1.807) is 35.6 Å². The number of carbonyl (C=O) groups is 3. The molecule has 0 aliphatic rings. The second kappa shape index (κ2) is 9.34. The SMILES string of the molecule is COC(=O)CNC(=O)c1ccc(NC(=O)CSc2nc3ccccc3s2)cc1. The Morgan fingerprint density at radius 1 is 1.11 bits per heavy atom. The van der Waals surface area contributed by atoms with Crippen LogP contribution in [0.2, 0.25) is 0 Å². The predicted octanol–water partition coefficient (Wildman–Crippen LogP) is 2.93. The molecule has 0 bridgehead atoms. The van der Waals surface area contributed by atoms with Crippen molar-refractivity contribution < 1.29 is 19.1 Å². The Morgan fingerprint density at radius 3 is 2.57 bits per heavy atom. The minimum absolute atomic E-state index is 0.160. The van der Waals surface area contributed by atoms with E-state index in [1.165, 1.54) is 18.9 Å². The zero-order valence-corrected chi connectivity index (χ0v) is 16.6. The first-order valence-corrected chi connectivity index (χ1v) is 10.1. The number of methoxy groups -OCH3 is 1. The lowest BCUT2D eigenvalue weighted by Crippen LogP contribution is -2.30. The fourth-order valence-electron chi connectivity index (χ4n) is 2.27. The number of nitrogens with one attached hydrogen (secondary N) is 2. The number of thioether (sulfide) groups is 1. The van der Waals surface area contributed by atoms with Gasteiger partial charge in [-0.05, 0) is 36.4 Å². The molecule has 0 fully saturated rings. The van der Waals surface area contributed by atoms with Gasteiger partial charge in [0.25, 0.3) is 5.91 Å².